The number of allylic oxidation sites excluding steroid dienone is 3. The Morgan fingerprint density at radius 3 is 2.70 bits per heavy atom. The van der Waals surface area contributed by atoms with Crippen LogP contribution in [0.2, 0.25) is 0 Å². The maximum Gasteiger partial charge on any atom is 0.412 e. The zero-order chi connectivity index (χ0) is 17.5. The standard InChI is InChI=1S/C16H21ClF3NO2/c1-2-5-12(6-3-4-9-22)21-15(23)13-10-11(16(18,19)20)7-8-14(13)17/h7-9,12-13H,2-6,10H2,1H3,(H,21,23). The van der Waals surface area contributed by atoms with E-state index >= 15 is 0 Å². The minimum absolute atomic E-state index is 0.110. The number of carbonyl (C=O) groups is 2. The van der Waals surface area contributed by atoms with Crippen molar-refractivity contribution in [1.82, 2.24) is 5.32 Å². The van der Waals surface area contributed by atoms with Gasteiger partial charge in [0, 0.05) is 23.1 Å². The molecule has 1 amide bonds. The smallest absolute Gasteiger partial charge is 0.353 e. The van der Waals surface area contributed by atoms with E-state index in [2.05, 4.69) is 5.32 Å². The molecule has 1 N–H and O–H groups in total. The molecule has 0 bridgehead atoms. The molecule has 1 aliphatic carbocycles. The largest absolute Gasteiger partial charge is 0.412 e. The quantitative estimate of drug-likeness (QED) is 0.524. The number of hydrogen-bond donors (Lipinski definition) is 1. The van der Waals surface area contributed by atoms with Crippen molar-refractivity contribution in [2.45, 2.75) is 57.7 Å². The molecule has 0 aliphatic heterocycles. The summed E-state index contributed by atoms with van der Waals surface area (Å²) in [5.74, 6) is -1.51. The van der Waals surface area contributed by atoms with E-state index in [0.29, 0.717) is 25.7 Å². The van der Waals surface area contributed by atoms with Crippen molar-refractivity contribution in [2.24, 2.45) is 5.92 Å². The molecule has 1 rings (SSSR count). The average Bonchev–Trinajstić information content (AvgIpc) is 2.46. The van der Waals surface area contributed by atoms with Gasteiger partial charge in [0.1, 0.15) is 6.29 Å². The molecule has 3 nitrogen and oxygen atoms in total. The van der Waals surface area contributed by atoms with Gasteiger partial charge in [-0.3, -0.25) is 4.79 Å². The molecular formula is C16H21ClF3NO2. The lowest BCUT2D eigenvalue weighted by molar-refractivity contribution is -0.125. The van der Waals surface area contributed by atoms with Gasteiger partial charge in [-0.25, -0.2) is 0 Å². The molecule has 0 aromatic carbocycles. The second kappa shape index (κ2) is 9.11. The predicted molar refractivity (Wildman–Crippen MR) is 82.9 cm³/mol. The molecule has 1 aliphatic rings. The van der Waals surface area contributed by atoms with Crippen LogP contribution in [0.15, 0.2) is 22.8 Å². The molecule has 23 heavy (non-hydrogen) atoms. The molecule has 2 unspecified atom stereocenters. The zero-order valence-electron chi connectivity index (χ0n) is 13.0. The Bertz CT molecular complexity index is 486. The molecule has 0 saturated heterocycles. The van der Waals surface area contributed by atoms with Crippen LogP contribution in [0, 0.1) is 5.92 Å². The predicted octanol–water partition coefficient (Wildman–Crippen LogP) is 4.27. The number of amides is 1. The van der Waals surface area contributed by atoms with E-state index in [9.17, 15) is 22.8 Å². The molecule has 0 aromatic rings. The van der Waals surface area contributed by atoms with Crippen LogP contribution in [0.3, 0.4) is 0 Å². The molecule has 0 aromatic heterocycles. The molecule has 0 spiro atoms. The number of hydrogen-bond acceptors (Lipinski definition) is 2. The van der Waals surface area contributed by atoms with Crippen molar-refractivity contribution >= 4 is 23.8 Å². The molecule has 0 saturated carbocycles. The van der Waals surface area contributed by atoms with Gasteiger partial charge in [0.15, 0.2) is 0 Å². The van der Waals surface area contributed by atoms with Gasteiger partial charge in [0.25, 0.3) is 0 Å². The monoisotopic (exact) mass is 351 g/mol. The van der Waals surface area contributed by atoms with Crippen LogP contribution in [-0.4, -0.2) is 24.4 Å². The molecular weight excluding hydrogens is 331 g/mol. The highest BCUT2D eigenvalue weighted by atomic mass is 35.5. The first-order valence-corrected chi connectivity index (χ1v) is 8.04. The fourth-order valence-corrected chi connectivity index (χ4v) is 2.74. The van der Waals surface area contributed by atoms with Crippen LogP contribution in [0.25, 0.3) is 0 Å². The first-order chi connectivity index (χ1) is 10.8. The second-order valence-electron chi connectivity index (χ2n) is 5.59. The van der Waals surface area contributed by atoms with E-state index in [4.69, 9.17) is 11.6 Å². The Labute approximate surface area is 139 Å². The summed E-state index contributed by atoms with van der Waals surface area (Å²) in [6.07, 6.45) is 1.16. The van der Waals surface area contributed by atoms with Crippen LogP contribution in [0.5, 0.6) is 0 Å². The number of carbonyl (C=O) groups excluding carboxylic acids is 2. The Balaban J connectivity index is 2.70. The Hall–Kier alpha value is -1.30. The summed E-state index contributed by atoms with van der Waals surface area (Å²) in [6.45, 7) is 1.96. The van der Waals surface area contributed by atoms with Gasteiger partial charge in [-0.1, -0.05) is 31.0 Å². The van der Waals surface area contributed by atoms with Gasteiger partial charge in [0.2, 0.25) is 5.91 Å². The van der Waals surface area contributed by atoms with Crippen LogP contribution < -0.4 is 5.32 Å². The third-order valence-corrected chi connectivity index (χ3v) is 4.13. The number of aldehydes is 1. The van der Waals surface area contributed by atoms with Gasteiger partial charge in [0.05, 0.1) is 5.92 Å². The van der Waals surface area contributed by atoms with E-state index in [1.807, 2.05) is 6.92 Å². The zero-order valence-corrected chi connectivity index (χ0v) is 13.7. The number of unbranched alkanes of at least 4 members (excludes halogenated alkanes) is 1. The molecule has 0 radical (unpaired) electrons. The molecule has 0 fully saturated rings. The SMILES string of the molecule is CCCC(CCCC=O)NC(=O)C1CC(C(F)(F)F)=CC=C1Cl. The highest BCUT2D eigenvalue weighted by molar-refractivity contribution is 6.31. The van der Waals surface area contributed by atoms with E-state index in [1.165, 1.54) is 0 Å². The summed E-state index contributed by atoms with van der Waals surface area (Å²) in [5, 5.41) is 2.88. The number of alkyl halides is 3. The topological polar surface area (TPSA) is 46.2 Å². The normalized spacial score (nSPS) is 19.6. The highest BCUT2D eigenvalue weighted by Gasteiger charge is 2.38. The Morgan fingerprint density at radius 1 is 1.43 bits per heavy atom. The van der Waals surface area contributed by atoms with Gasteiger partial charge in [-0.15, -0.1) is 0 Å². The third-order valence-electron chi connectivity index (χ3n) is 3.74. The van der Waals surface area contributed by atoms with Gasteiger partial charge < -0.3 is 10.1 Å². The Morgan fingerprint density at radius 2 is 2.13 bits per heavy atom. The minimum Gasteiger partial charge on any atom is -0.353 e. The Kier molecular flexibility index (Phi) is 7.82. The lowest BCUT2D eigenvalue weighted by Crippen LogP contribution is -2.40. The van der Waals surface area contributed by atoms with Gasteiger partial charge in [-0.2, -0.15) is 13.2 Å². The van der Waals surface area contributed by atoms with Crippen LogP contribution >= 0.6 is 11.6 Å². The minimum atomic E-state index is -4.46. The van der Waals surface area contributed by atoms with Gasteiger partial charge >= 0.3 is 6.18 Å². The van der Waals surface area contributed by atoms with E-state index < -0.39 is 30.0 Å². The fourth-order valence-electron chi connectivity index (χ4n) is 2.50. The van der Waals surface area contributed by atoms with E-state index in [-0.39, 0.29) is 11.1 Å². The maximum atomic E-state index is 12.8. The summed E-state index contributed by atoms with van der Waals surface area (Å²) < 4.78 is 38.4. The maximum absolute atomic E-state index is 12.8. The molecule has 7 heteroatoms. The van der Waals surface area contributed by atoms with E-state index in [1.54, 1.807) is 0 Å². The summed E-state index contributed by atoms with van der Waals surface area (Å²) in [5.41, 5.74) is -0.755. The lowest BCUT2D eigenvalue weighted by Gasteiger charge is -2.25. The second-order valence-corrected chi connectivity index (χ2v) is 6.03. The lowest BCUT2D eigenvalue weighted by atomic mass is 9.92. The number of halogens is 4. The third kappa shape index (κ3) is 6.37. The van der Waals surface area contributed by atoms with Gasteiger partial charge in [-0.05, 0) is 31.8 Å². The number of nitrogens with one attached hydrogen (secondary N) is 1. The molecule has 0 heterocycles. The van der Waals surface area contributed by atoms with Crippen LogP contribution in [0.4, 0.5) is 13.2 Å². The molecule has 130 valence electrons. The van der Waals surface area contributed by atoms with Crippen LogP contribution in [0.1, 0.15) is 45.4 Å². The van der Waals surface area contributed by atoms with Crippen molar-refractivity contribution < 1.29 is 22.8 Å². The summed E-state index contributed by atoms with van der Waals surface area (Å²) in [6, 6.07) is -0.155. The van der Waals surface area contributed by atoms with Crippen molar-refractivity contribution in [2.75, 3.05) is 0 Å². The first-order valence-electron chi connectivity index (χ1n) is 7.67. The van der Waals surface area contributed by atoms with E-state index in [0.717, 1.165) is 24.9 Å². The fraction of sp³-hybridized carbons (Fsp3) is 0.625. The summed E-state index contributed by atoms with van der Waals surface area (Å²) >= 11 is 5.92. The van der Waals surface area contributed by atoms with Crippen LogP contribution in [-0.2, 0) is 9.59 Å². The van der Waals surface area contributed by atoms with Crippen molar-refractivity contribution in [3.63, 3.8) is 0 Å². The average molecular weight is 352 g/mol. The first kappa shape index (κ1) is 19.7. The number of rotatable bonds is 8. The van der Waals surface area contributed by atoms with Crippen molar-refractivity contribution in [3.05, 3.63) is 22.8 Å². The molecule has 2 atom stereocenters. The summed E-state index contributed by atoms with van der Waals surface area (Å²) in [7, 11) is 0. The van der Waals surface area contributed by atoms with Crippen molar-refractivity contribution in [3.8, 4) is 0 Å². The highest BCUT2D eigenvalue weighted by Crippen LogP contribution is 2.37. The summed E-state index contributed by atoms with van der Waals surface area (Å²) in [4.78, 5) is 22.7. The van der Waals surface area contributed by atoms with Crippen molar-refractivity contribution in [1.29, 1.82) is 0 Å².